The third-order valence-corrected chi connectivity index (χ3v) is 8.30. The molecule has 1 saturated heterocycles. The molecule has 2 aromatic rings. The van der Waals surface area contributed by atoms with E-state index in [-0.39, 0.29) is 5.41 Å². The normalized spacial score (nSPS) is 29.9. The second kappa shape index (κ2) is 9.51. The zero-order valence-electron chi connectivity index (χ0n) is 20.7. The minimum atomic E-state index is -0.500. The third-order valence-electron chi connectivity index (χ3n) is 8.30. The molecule has 0 N–H and O–H groups in total. The summed E-state index contributed by atoms with van der Waals surface area (Å²) in [6, 6.07) is 6.75. The van der Waals surface area contributed by atoms with Crippen LogP contribution in [0.2, 0.25) is 0 Å². The SMILES string of the molecule is CCCCCCCCN1C(C)C(C)CC(C)(CC)C12C=Nc1c(ccc3ccncc13)O2. The molecule has 32 heavy (non-hydrogen) atoms. The van der Waals surface area contributed by atoms with Gasteiger partial charge in [0, 0.05) is 35.8 Å². The van der Waals surface area contributed by atoms with Crippen molar-refractivity contribution >= 4 is 22.7 Å². The van der Waals surface area contributed by atoms with Gasteiger partial charge in [-0.05, 0) is 49.6 Å². The number of benzene rings is 1. The van der Waals surface area contributed by atoms with Gasteiger partial charge < -0.3 is 4.74 Å². The second-order valence-electron chi connectivity index (χ2n) is 10.4. The van der Waals surface area contributed by atoms with Crippen LogP contribution in [-0.4, -0.2) is 34.4 Å². The van der Waals surface area contributed by atoms with Crippen LogP contribution < -0.4 is 4.74 Å². The largest absolute Gasteiger partial charge is 0.464 e. The molecule has 1 fully saturated rings. The van der Waals surface area contributed by atoms with Crippen molar-refractivity contribution in [3.8, 4) is 5.75 Å². The Morgan fingerprint density at radius 3 is 2.62 bits per heavy atom. The summed E-state index contributed by atoms with van der Waals surface area (Å²) in [5.74, 6) is 1.52. The van der Waals surface area contributed by atoms with E-state index in [1.54, 1.807) is 0 Å². The molecule has 0 amide bonds. The molecule has 1 aromatic heterocycles. The lowest BCUT2D eigenvalue weighted by atomic mass is 9.65. The van der Waals surface area contributed by atoms with Gasteiger partial charge in [-0.1, -0.05) is 65.9 Å². The Kier molecular flexibility index (Phi) is 6.90. The molecule has 0 bridgehead atoms. The number of pyridine rings is 1. The molecule has 0 aliphatic carbocycles. The second-order valence-corrected chi connectivity index (χ2v) is 10.4. The highest BCUT2D eigenvalue weighted by atomic mass is 16.5. The highest BCUT2D eigenvalue weighted by Gasteiger charge is 2.59. The summed E-state index contributed by atoms with van der Waals surface area (Å²) < 4.78 is 7.05. The smallest absolute Gasteiger partial charge is 0.205 e. The quantitative estimate of drug-likeness (QED) is 0.402. The molecule has 0 radical (unpaired) electrons. The number of likely N-dealkylation sites (tertiary alicyclic amines) is 1. The van der Waals surface area contributed by atoms with Gasteiger partial charge in [0.25, 0.3) is 0 Å². The Labute approximate surface area is 194 Å². The zero-order chi connectivity index (χ0) is 22.8. The van der Waals surface area contributed by atoms with Crippen molar-refractivity contribution < 1.29 is 4.74 Å². The Balaban J connectivity index is 1.67. The van der Waals surface area contributed by atoms with Crippen molar-refractivity contribution in [1.29, 1.82) is 0 Å². The monoisotopic (exact) mass is 435 g/mol. The van der Waals surface area contributed by atoms with Crippen LogP contribution in [-0.2, 0) is 0 Å². The molecule has 4 nitrogen and oxygen atoms in total. The number of fused-ring (bicyclic) bond motifs is 3. The van der Waals surface area contributed by atoms with E-state index >= 15 is 0 Å². The molecule has 4 heteroatoms. The first kappa shape index (κ1) is 23.2. The van der Waals surface area contributed by atoms with Crippen molar-refractivity contribution in [2.24, 2.45) is 16.3 Å². The maximum absolute atomic E-state index is 7.05. The molecule has 4 rings (SSSR count). The van der Waals surface area contributed by atoms with E-state index < -0.39 is 5.72 Å². The Bertz CT molecular complexity index is 957. The van der Waals surface area contributed by atoms with Gasteiger partial charge in [-0.3, -0.25) is 14.9 Å². The minimum Gasteiger partial charge on any atom is -0.464 e. The summed E-state index contributed by atoms with van der Waals surface area (Å²) in [6.07, 6.45) is 15.9. The van der Waals surface area contributed by atoms with Crippen LogP contribution >= 0.6 is 0 Å². The van der Waals surface area contributed by atoms with E-state index in [0.29, 0.717) is 12.0 Å². The fraction of sp³-hybridized carbons (Fsp3) is 0.643. The lowest BCUT2D eigenvalue weighted by Gasteiger charge is -2.60. The number of unbranched alkanes of at least 4 members (excludes halogenated alkanes) is 5. The fourth-order valence-corrected chi connectivity index (χ4v) is 5.91. The third kappa shape index (κ3) is 3.96. The molecule has 2 aliphatic rings. The van der Waals surface area contributed by atoms with Gasteiger partial charge in [0.05, 0.1) is 6.21 Å². The zero-order valence-corrected chi connectivity index (χ0v) is 20.7. The summed E-state index contributed by atoms with van der Waals surface area (Å²) in [5.41, 5.74) is 0.428. The average Bonchev–Trinajstić information content (AvgIpc) is 2.81. The lowest BCUT2D eigenvalue weighted by molar-refractivity contribution is -0.179. The van der Waals surface area contributed by atoms with E-state index in [1.807, 2.05) is 18.5 Å². The molecular formula is C28H41N3O. The summed E-state index contributed by atoms with van der Waals surface area (Å²) in [7, 11) is 0. The molecule has 0 saturated carbocycles. The Morgan fingerprint density at radius 1 is 1.06 bits per heavy atom. The summed E-state index contributed by atoms with van der Waals surface area (Å²) in [6.45, 7) is 12.9. The van der Waals surface area contributed by atoms with Gasteiger partial charge in [0.2, 0.25) is 5.72 Å². The number of hydrogen-bond acceptors (Lipinski definition) is 4. The minimum absolute atomic E-state index is 0.00617. The number of piperidine rings is 1. The number of ether oxygens (including phenoxy) is 1. The van der Waals surface area contributed by atoms with Gasteiger partial charge in [-0.2, -0.15) is 0 Å². The molecule has 2 aliphatic heterocycles. The summed E-state index contributed by atoms with van der Waals surface area (Å²) >= 11 is 0. The summed E-state index contributed by atoms with van der Waals surface area (Å²) in [5, 5.41) is 2.22. The van der Waals surface area contributed by atoms with Gasteiger partial charge in [-0.25, -0.2) is 0 Å². The van der Waals surface area contributed by atoms with E-state index in [1.165, 1.54) is 38.5 Å². The topological polar surface area (TPSA) is 37.7 Å². The molecule has 1 aromatic carbocycles. The molecule has 3 heterocycles. The molecule has 174 valence electrons. The van der Waals surface area contributed by atoms with Crippen molar-refractivity contribution in [1.82, 2.24) is 9.88 Å². The maximum atomic E-state index is 7.05. The predicted octanol–water partition coefficient (Wildman–Crippen LogP) is 7.53. The van der Waals surface area contributed by atoms with E-state index in [9.17, 15) is 0 Å². The molecule has 4 unspecified atom stereocenters. The first-order valence-electron chi connectivity index (χ1n) is 12.8. The number of hydrogen-bond donors (Lipinski definition) is 0. The van der Waals surface area contributed by atoms with Gasteiger partial charge in [-0.15, -0.1) is 0 Å². The number of aromatic nitrogens is 1. The Hall–Kier alpha value is -1.94. The van der Waals surface area contributed by atoms with Crippen LogP contribution in [0.4, 0.5) is 5.69 Å². The van der Waals surface area contributed by atoms with Crippen LogP contribution in [0, 0.1) is 11.3 Å². The van der Waals surface area contributed by atoms with Crippen molar-refractivity contribution in [2.45, 2.75) is 97.8 Å². The van der Waals surface area contributed by atoms with Crippen molar-refractivity contribution in [3.05, 3.63) is 30.6 Å². The first-order valence-corrected chi connectivity index (χ1v) is 12.8. The number of rotatable bonds is 8. The van der Waals surface area contributed by atoms with Crippen LogP contribution in [0.15, 0.2) is 35.6 Å². The first-order chi connectivity index (χ1) is 15.5. The van der Waals surface area contributed by atoms with Crippen molar-refractivity contribution in [2.75, 3.05) is 6.54 Å². The van der Waals surface area contributed by atoms with Crippen LogP contribution in [0.1, 0.15) is 86.0 Å². The standard InChI is InChI=1S/C28H41N3O/c1-6-8-9-10-11-12-17-31-22(4)21(3)18-27(5,7-2)28(31)20-30-26-24-19-29-16-15-23(24)13-14-25(26)32-28/h13-16,19-22H,6-12,17-18H2,1-5H3. The van der Waals surface area contributed by atoms with Crippen molar-refractivity contribution in [3.63, 3.8) is 0 Å². The Morgan fingerprint density at radius 2 is 1.84 bits per heavy atom. The highest BCUT2D eigenvalue weighted by Crippen LogP contribution is 2.54. The van der Waals surface area contributed by atoms with E-state index in [0.717, 1.165) is 41.6 Å². The number of aliphatic imine (C=N–C) groups is 1. The van der Waals surface area contributed by atoms with Gasteiger partial charge >= 0.3 is 0 Å². The maximum Gasteiger partial charge on any atom is 0.205 e. The molecular weight excluding hydrogens is 394 g/mol. The molecule has 4 atom stereocenters. The van der Waals surface area contributed by atoms with Gasteiger partial charge in [0.15, 0.2) is 0 Å². The predicted molar refractivity (Wildman–Crippen MR) is 135 cm³/mol. The highest BCUT2D eigenvalue weighted by molar-refractivity contribution is 5.97. The van der Waals surface area contributed by atoms with Crippen LogP contribution in [0.25, 0.3) is 10.8 Å². The fourth-order valence-electron chi connectivity index (χ4n) is 5.91. The van der Waals surface area contributed by atoms with Crippen LogP contribution in [0.3, 0.4) is 0 Å². The van der Waals surface area contributed by atoms with E-state index in [2.05, 4.69) is 62.8 Å². The number of nitrogens with zero attached hydrogens (tertiary/aromatic N) is 3. The van der Waals surface area contributed by atoms with Gasteiger partial charge in [0.1, 0.15) is 11.4 Å². The molecule has 1 spiro atoms. The lowest BCUT2D eigenvalue weighted by Crippen LogP contribution is -2.71. The van der Waals surface area contributed by atoms with Crippen LogP contribution in [0.5, 0.6) is 5.75 Å². The van der Waals surface area contributed by atoms with E-state index in [4.69, 9.17) is 9.73 Å². The average molecular weight is 436 g/mol. The summed E-state index contributed by atoms with van der Waals surface area (Å²) in [4.78, 5) is 12.1.